The number of nitrogens with zero attached hydrogens (tertiary/aromatic N) is 3. The van der Waals surface area contributed by atoms with E-state index < -0.39 is 0 Å². The molecule has 0 N–H and O–H groups in total. The molecule has 0 amide bonds. The number of rotatable bonds is 5. The van der Waals surface area contributed by atoms with Gasteiger partial charge < -0.3 is 4.90 Å². The maximum atomic E-state index is 13.5. The number of halogens is 1. The number of aromatic nitrogens is 1. The van der Waals surface area contributed by atoms with E-state index in [-0.39, 0.29) is 22.6 Å². The topological polar surface area (TPSA) is 45.6 Å². The average molecular weight is 426 g/mol. The highest BCUT2D eigenvalue weighted by molar-refractivity contribution is 7.07. The summed E-state index contributed by atoms with van der Waals surface area (Å²) in [7, 11) is 0. The van der Waals surface area contributed by atoms with Crippen molar-refractivity contribution in [2.24, 2.45) is 0 Å². The molecule has 2 heterocycles. The first-order chi connectivity index (χ1) is 14.5. The van der Waals surface area contributed by atoms with Crippen LogP contribution in [-0.2, 0) is 6.42 Å². The van der Waals surface area contributed by atoms with Gasteiger partial charge in [-0.1, -0.05) is 41.7 Å². The Bertz CT molecular complexity index is 1050. The summed E-state index contributed by atoms with van der Waals surface area (Å²) in [5.41, 5.74) is 2.90. The Morgan fingerprint density at radius 3 is 2.33 bits per heavy atom. The highest BCUT2D eigenvalue weighted by Crippen LogP contribution is 2.28. The van der Waals surface area contributed by atoms with Gasteiger partial charge in [-0.3, -0.25) is 14.5 Å². The second-order valence-corrected chi connectivity index (χ2v) is 8.30. The fourth-order valence-electron chi connectivity index (χ4n) is 4.08. The van der Waals surface area contributed by atoms with Crippen LogP contribution in [0.5, 0.6) is 0 Å². The maximum absolute atomic E-state index is 13.5. The number of anilines is 1. The number of para-hydroxylation sites is 1. The third kappa shape index (κ3) is 4.37. The smallest absolute Gasteiger partial charge is 0.314 e. The van der Waals surface area contributed by atoms with Crippen LogP contribution < -0.4 is 9.77 Å². The van der Waals surface area contributed by atoms with Crippen LogP contribution in [0.3, 0.4) is 0 Å². The molecule has 1 aromatic heterocycles. The highest BCUT2D eigenvalue weighted by atomic mass is 32.1. The Balaban J connectivity index is 1.58. The Hall–Kier alpha value is -2.77. The zero-order chi connectivity index (χ0) is 21.1. The summed E-state index contributed by atoms with van der Waals surface area (Å²) in [6, 6.07) is 16.8. The lowest BCUT2D eigenvalue weighted by molar-refractivity contribution is 0.0928. The van der Waals surface area contributed by atoms with Crippen molar-refractivity contribution in [3.05, 3.63) is 86.7 Å². The highest BCUT2D eigenvalue weighted by Gasteiger charge is 2.27. The molecular weight excluding hydrogens is 401 g/mol. The van der Waals surface area contributed by atoms with Crippen molar-refractivity contribution in [3.8, 4) is 0 Å². The number of benzene rings is 2. The Morgan fingerprint density at radius 1 is 1.03 bits per heavy atom. The van der Waals surface area contributed by atoms with Crippen molar-refractivity contribution in [1.29, 1.82) is 0 Å². The zero-order valence-corrected chi connectivity index (χ0v) is 17.6. The minimum absolute atomic E-state index is 0.0388. The number of carbonyl (C=O) groups excluding carboxylic acids is 1. The van der Waals surface area contributed by atoms with Crippen molar-refractivity contribution in [1.82, 2.24) is 9.47 Å². The predicted octanol–water partition coefficient (Wildman–Crippen LogP) is 3.82. The van der Waals surface area contributed by atoms with Crippen LogP contribution >= 0.6 is 11.3 Å². The van der Waals surface area contributed by atoms with Crippen LogP contribution in [0.2, 0.25) is 0 Å². The summed E-state index contributed by atoms with van der Waals surface area (Å²) < 4.78 is 14.8. The molecule has 1 fully saturated rings. The normalized spacial score (nSPS) is 15.9. The molecule has 1 atom stereocenters. The van der Waals surface area contributed by atoms with E-state index in [0.717, 1.165) is 43.1 Å². The zero-order valence-electron chi connectivity index (χ0n) is 16.8. The fraction of sp³-hybridized carbons (Fsp3) is 0.304. The van der Waals surface area contributed by atoms with Gasteiger partial charge in [0.05, 0.1) is 0 Å². The lowest BCUT2D eigenvalue weighted by Gasteiger charge is -2.40. The van der Waals surface area contributed by atoms with E-state index in [0.29, 0.717) is 12.1 Å². The van der Waals surface area contributed by atoms with Gasteiger partial charge in [-0.15, -0.1) is 0 Å². The molecule has 7 heteroatoms. The molecule has 1 aliphatic rings. The quantitative estimate of drug-likeness (QED) is 0.624. The van der Waals surface area contributed by atoms with Gasteiger partial charge in [0.1, 0.15) is 5.82 Å². The van der Waals surface area contributed by atoms with Gasteiger partial charge in [-0.05, 0) is 29.8 Å². The summed E-state index contributed by atoms with van der Waals surface area (Å²) in [5, 5.41) is 1.76. The Kier molecular flexibility index (Phi) is 6.11. The monoisotopic (exact) mass is 425 g/mol. The van der Waals surface area contributed by atoms with Crippen LogP contribution in [0.25, 0.3) is 0 Å². The van der Waals surface area contributed by atoms with Gasteiger partial charge in [0.15, 0.2) is 0 Å². The minimum Gasteiger partial charge on any atom is -0.369 e. The summed E-state index contributed by atoms with van der Waals surface area (Å²) in [5.74, 6) is -0.550. The van der Waals surface area contributed by atoms with Gasteiger partial charge in [0.25, 0.3) is 0 Å². The second-order valence-electron chi connectivity index (χ2n) is 7.48. The maximum Gasteiger partial charge on any atom is 0.314 e. The van der Waals surface area contributed by atoms with Gasteiger partial charge in [-0.25, -0.2) is 8.96 Å². The second kappa shape index (κ2) is 8.93. The molecule has 0 saturated carbocycles. The molecule has 1 unspecified atom stereocenters. The molecule has 2 aromatic carbocycles. The van der Waals surface area contributed by atoms with Gasteiger partial charge in [-0.2, -0.15) is 0 Å². The van der Waals surface area contributed by atoms with E-state index in [4.69, 9.17) is 0 Å². The summed E-state index contributed by atoms with van der Waals surface area (Å²) >= 11 is 1.04. The molecule has 1 saturated heterocycles. The van der Waals surface area contributed by atoms with Crippen molar-refractivity contribution in [3.63, 3.8) is 0 Å². The predicted molar refractivity (Wildman–Crippen MR) is 118 cm³/mol. The lowest BCUT2D eigenvalue weighted by Crippen LogP contribution is -2.48. The molecule has 3 aromatic rings. The van der Waals surface area contributed by atoms with E-state index in [2.05, 4.69) is 21.9 Å². The van der Waals surface area contributed by atoms with Crippen molar-refractivity contribution in [2.45, 2.75) is 19.4 Å². The van der Waals surface area contributed by atoms with Crippen LogP contribution in [-0.4, -0.2) is 41.6 Å². The third-order valence-corrected chi connectivity index (χ3v) is 6.39. The standard InChI is InChI=1S/C23H24FN3O2S/c1-17(28)27-21(16-30-23(27)29)15-22(18-7-9-19(24)10-8-18)26-13-11-25(12-14-26)20-5-3-2-4-6-20/h2-10,16,22H,11-15H2,1H3. The first kappa shape index (κ1) is 20.5. The largest absolute Gasteiger partial charge is 0.369 e. The molecule has 1 aliphatic heterocycles. The molecule has 5 nitrogen and oxygen atoms in total. The lowest BCUT2D eigenvalue weighted by atomic mass is 9.99. The van der Waals surface area contributed by atoms with Crippen LogP contribution in [0.15, 0.2) is 64.8 Å². The summed E-state index contributed by atoms with van der Waals surface area (Å²) in [4.78, 5) is 28.6. The molecule has 30 heavy (non-hydrogen) atoms. The van der Waals surface area contributed by atoms with Crippen LogP contribution in [0.4, 0.5) is 10.1 Å². The molecule has 0 spiro atoms. The van der Waals surface area contributed by atoms with Gasteiger partial charge in [0, 0.05) is 62.3 Å². The SMILES string of the molecule is CC(=O)n1c(CC(c2ccc(F)cc2)N2CCN(c3ccccc3)CC2)csc1=O. The Morgan fingerprint density at radius 2 is 1.70 bits per heavy atom. The average Bonchev–Trinajstić information content (AvgIpc) is 3.14. The van der Waals surface area contributed by atoms with Crippen LogP contribution in [0.1, 0.15) is 29.0 Å². The number of carbonyl (C=O) groups is 1. The van der Waals surface area contributed by atoms with E-state index in [1.165, 1.54) is 29.3 Å². The van der Waals surface area contributed by atoms with Gasteiger partial charge in [0.2, 0.25) is 5.91 Å². The Labute approximate surface area is 179 Å². The number of hydrogen-bond donors (Lipinski definition) is 0. The van der Waals surface area contributed by atoms with Crippen LogP contribution in [0, 0.1) is 5.82 Å². The molecule has 4 rings (SSSR count). The number of piperazine rings is 1. The van der Waals surface area contributed by atoms with Crippen molar-refractivity contribution < 1.29 is 9.18 Å². The minimum atomic E-state index is -0.275. The first-order valence-corrected chi connectivity index (χ1v) is 10.9. The van der Waals surface area contributed by atoms with E-state index in [9.17, 15) is 14.0 Å². The molecule has 0 aliphatic carbocycles. The third-order valence-electron chi connectivity index (χ3n) is 5.61. The number of hydrogen-bond acceptors (Lipinski definition) is 5. The molecule has 156 valence electrons. The van der Waals surface area contributed by atoms with Crippen molar-refractivity contribution >= 4 is 22.9 Å². The molecule has 0 radical (unpaired) electrons. The van der Waals surface area contributed by atoms with Crippen molar-refractivity contribution in [2.75, 3.05) is 31.1 Å². The number of thiazole rings is 1. The fourth-order valence-corrected chi connectivity index (χ4v) is 4.87. The molecule has 0 bridgehead atoms. The summed E-state index contributed by atoms with van der Waals surface area (Å²) in [6.07, 6.45) is 0.523. The van der Waals surface area contributed by atoms with Gasteiger partial charge >= 0.3 is 4.87 Å². The van der Waals surface area contributed by atoms with E-state index in [1.54, 1.807) is 17.5 Å². The van der Waals surface area contributed by atoms with E-state index in [1.807, 2.05) is 18.2 Å². The first-order valence-electron chi connectivity index (χ1n) is 10.0. The molecular formula is C23H24FN3O2S. The van der Waals surface area contributed by atoms with E-state index >= 15 is 0 Å². The summed E-state index contributed by atoms with van der Waals surface area (Å²) in [6.45, 7) is 4.84.